The fourth-order valence-corrected chi connectivity index (χ4v) is 1.81. The minimum absolute atomic E-state index is 0.0770. The first-order valence-corrected chi connectivity index (χ1v) is 4.58. The number of hydrogen-bond acceptors (Lipinski definition) is 3. The maximum atomic E-state index is 13.3. The highest BCUT2D eigenvalue weighted by Crippen LogP contribution is 2.42. The van der Waals surface area contributed by atoms with Crippen LogP contribution in [0.25, 0.3) is 0 Å². The van der Waals surface area contributed by atoms with Crippen LogP contribution in [-0.4, -0.2) is 39.9 Å². The molecular weight excluding hydrogens is 210 g/mol. The van der Waals surface area contributed by atoms with Gasteiger partial charge < -0.3 is 14.9 Å². The van der Waals surface area contributed by atoms with Crippen LogP contribution in [0.5, 0.6) is 0 Å². The van der Waals surface area contributed by atoms with Crippen LogP contribution in [0.4, 0.5) is 8.78 Å². The van der Waals surface area contributed by atoms with Gasteiger partial charge in [0, 0.05) is 12.8 Å². The zero-order valence-electron chi connectivity index (χ0n) is 8.59. The summed E-state index contributed by atoms with van der Waals surface area (Å²) in [6.45, 7) is 3.00. The number of carboxylic acid groups (broad SMARTS) is 1. The molecule has 4 nitrogen and oxygen atoms in total. The molecule has 0 spiro atoms. The van der Waals surface area contributed by atoms with Gasteiger partial charge in [-0.15, -0.1) is 0 Å². The van der Waals surface area contributed by atoms with E-state index in [4.69, 9.17) is 9.84 Å². The van der Waals surface area contributed by atoms with Crippen molar-refractivity contribution >= 4 is 5.97 Å². The predicted octanol–water partition coefficient (Wildman–Crippen LogP) is 1.03. The predicted molar refractivity (Wildman–Crippen MR) is 46.8 cm³/mol. The number of hydrogen-bond donors (Lipinski definition) is 2. The topological polar surface area (TPSA) is 66.8 Å². The van der Waals surface area contributed by atoms with Gasteiger partial charge in [0.15, 0.2) is 0 Å². The van der Waals surface area contributed by atoms with Gasteiger partial charge in [-0.25, -0.2) is 4.79 Å². The van der Waals surface area contributed by atoms with Gasteiger partial charge in [0.1, 0.15) is 5.60 Å². The van der Waals surface area contributed by atoms with Crippen LogP contribution in [0.1, 0.15) is 26.7 Å². The Morgan fingerprint density at radius 1 is 1.47 bits per heavy atom. The Labute approximate surface area is 85.8 Å². The molecule has 0 aromatic carbocycles. The summed E-state index contributed by atoms with van der Waals surface area (Å²) in [7, 11) is 0. The van der Waals surface area contributed by atoms with Gasteiger partial charge in [0.05, 0.1) is 12.2 Å². The summed E-state index contributed by atoms with van der Waals surface area (Å²) in [6.07, 6.45) is -0.783. The Hall–Kier alpha value is -0.750. The van der Waals surface area contributed by atoms with E-state index in [1.807, 2.05) is 0 Å². The second-order valence-electron chi connectivity index (χ2n) is 4.45. The van der Waals surface area contributed by atoms with Crippen molar-refractivity contribution in [3.8, 4) is 0 Å². The molecule has 0 saturated carbocycles. The second kappa shape index (κ2) is 3.38. The lowest BCUT2D eigenvalue weighted by Gasteiger charge is -2.43. The Kier molecular flexibility index (Phi) is 2.78. The number of aliphatic hydroxyl groups is 1. The second-order valence-corrected chi connectivity index (χ2v) is 4.45. The van der Waals surface area contributed by atoms with Crippen molar-refractivity contribution in [1.82, 2.24) is 0 Å². The summed E-state index contributed by atoms with van der Waals surface area (Å²) in [5.74, 6) is -6.45. The molecule has 0 bridgehead atoms. The summed E-state index contributed by atoms with van der Waals surface area (Å²) < 4.78 is 31.7. The monoisotopic (exact) mass is 224 g/mol. The number of carboxylic acids is 1. The van der Waals surface area contributed by atoms with Gasteiger partial charge in [0.2, 0.25) is 0 Å². The third kappa shape index (κ3) is 2.10. The van der Waals surface area contributed by atoms with Gasteiger partial charge in [-0.1, -0.05) is 0 Å². The zero-order chi connectivity index (χ0) is 11.9. The highest BCUT2D eigenvalue weighted by molar-refractivity contribution is 5.77. The molecule has 1 saturated heterocycles. The van der Waals surface area contributed by atoms with Crippen LogP contribution >= 0.6 is 0 Å². The average Bonchev–Trinajstić information content (AvgIpc) is 2.00. The number of alkyl halides is 2. The molecular formula is C9H14F2O4. The van der Waals surface area contributed by atoms with Crippen LogP contribution < -0.4 is 0 Å². The lowest BCUT2D eigenvalue weighted by atomic mass is 9.79. The number of rotatable bonds is 2. The summed E-state index contributed by atoms with van der Waals surface area (Å²) >= 11 is 0. The highest BCUT2D eigenvalue weighted by atomic mass is 19.3. The summed E-state index contributed by atoms with van der Waals surface area (Å²) in [5.41, 5.74) is -3.47. The molecule has 0 radical (unpaired) electrons. The molecule has 1 rings (SSSR count). The first kappa shape index (κ1) is 12.3. The van der Waals surface area contributed by atoms with Crippen molar-refractivity contribution in [2.24, 2.45) is 0 Å². The molecule has 1 heterocycles. The molecule has 6 heteroatoms. The van der Waals surface area contributed by atoms with Crippen molar-refractivity contribution in [3.05, 3.63) is 0 Å². The van der Waals surface area contributed by atoms with E-state index in [9.17, 15) is 18.7 Å². The fourth-order valence-electron chi connectivity index (χ4n) is 1.81. The van der Waals surface area contributed by atoms with Crippen LogP contribution in [0, 0.1) is 0 Å². The van der Waals surface area contributed by atoms with Crippen LogP contribution in [-0.2, 0) is 9.53 Å². The molecule has 1 aliphatic heterocycles. The third-order valence-corrected chi connectivity index (χ3v) is 2.58. The van der Waals surface area contributed by atoms with Crippen molar-refractivity contribution in [1.29, 1.82) is 0 Å². The average molecular weight is 224 g/mol. The fraction of sp³-hybridized carbons (Fsp3) is 0.889. The number of carbonyl (C=O) groups is 1. The normalized spacial score (nSPS) is 31.3. The maximum absolute atomic E-state index is 13.3. The van der Waals surface area contributed by atoms with Gasteiger partial charge >= 0.3 is 11.9 Å². The maximum Gasteiger partial charge on any atom is 0.377 e. The van der Waals surface area contributed by atoms with E-state index in [-0.39, 0.29) is 13.0 Å². The van der Waals surface area contributed by atoms with Crippen molar-refractivity contribution in [3.63, 3.8) is 0 Å². The molecule has 1 fully saturated rings. The van der Waals surface area contributed by atoms with Gasteiger partial charge in [-0.05, 0) is 13.8 Å². The van der Waals surface area contributed by atoms with Gasteiger partial charge in [-0.2, -0.15) is 8.78 Å². The molecule has 15 heavy (non-hydrogen) atoms. The van der Waals surface area contributed by atoms with Crippen molar-refractivity contribution < 1.29 is 28.5 Å². The lowest BCUT2D eigenvalue weighted by molar-refractivity contribution is -0.246. The van der Waals surface area contributed by atoms with E-state index < -0.39 is 29.5 Å². The van der Waals surface area contributed by atoms with Gasteiger partial charge in [-0.3, -0.25) is 0 Å². The minimum Gasteiger partial charge on any atom is -0.477 e. The lowest BCUT2D eigenvalue weighted by Crippen LogP contribution is -2.59. The molecule has 0 aliphatic carbocycles. The van der Waals surface area contributed by atoms with E-state index in [0.717, 1.165) is 0 Å². The van der Waals surface area contributed by atoms with E-state index >= 15 is 0 Å². The molecule has 1 aliphatic rings. The van der Waals surface area contributed by atoms with Crippen LogP contribution in [0.2, 0.25) is 0 Å². The molecule has 2 N–H and O–H groups in total. The highest BCUT2D eigenvalue weighted by Gasteiger charge is 2.61. The smallest absolute Gasteiger partial charge is 0.377 e. The quantitative estimate of drug-likeness (QED) is 0.735. The van der Waals surface area contributed by atoms with E-state index in [1.54, 1.807) is 0 Å². The van der Waals surface area contributed by atoms with Gasteiger partial charge in [0.25, 0.3) is 0 Å². The Morgan fingerprint density at radius 2 is 2.00 bits per heavy atom. The van der Waals surface area contributed by atoms with Crippen molar-refractivity contribution in [2.75, 3.05) is 6.61 Å². The van der Waals surface area contributed by atoms with E-state index in [2.05, 4.69) is 0 Å². The summed E-state index contributed by atoms with van der Waals surface area (Å²) in [6, 6.07) is 0. The Balaban J connectivity index is 2.96. The molecule has 1 atom stereocenters. The summed E-state index contributed by atoms with van der Waals surface area (Å²) in [5, 5.41) is 18.1. The largest absolute Gasteiger partial charge is 0.477 e. The Morgan fingerprint density at radius 3 is 2.40 bits per heavy atom. The minimum atomic E-state index is -4.14. The third-order valence-electron chi connectivity index (χ3n) is 2.58. The van der Waals surface area contributed by atoms with Crippen molar-refractivity contribution in [2.45, 2.75) is 43.8 Å². The number of ether oxygens (including phenoxy) is 1. The molecule has 88 valence electrons. The summed E-state index contributed by atoms with van der Waals surface area (Å²) in [4.78, 5) is 10.4. The van der Waals surface area contributed by atoms with Crippen LogP contribution in [0.3, 0.4) is 0 Å². The van der Waals surface area contributed by atoms with Crippen LogP contribution in [0.15, 0.2) is 0 Å². The number of aliphatic carboxylic acids is 1. The SMILES string of the molecule is CC1(C)CC(O)(C(F)(F)C(=O)O)CCO1. The number of halogens is 2. The molecule has 1 unspecified atom stereocenters. The standard InChI is InChI=1S/C9H14F2O4/c1-7(2)5-8(14,3-4-15-7)9(10,11)6(12)13/h14H,3-5H2,1-2H3,(H,12,13). The Bertz CT molecular complexity index is 277. The van der Waals surface area contributed by atoms with E-state index in [0.29, 0.717) is 0 Å². The first-order valence-electron chi connectivity index (χ1n) is 4.58. The zero-order valence-corrected chi connectivity index (χ0v) is 8.59. The van der Waals surface area contributed by atoms with E-state index in [1.165, 1.54) is 13.8 Å². The molecule has 0 aromatic rings. The molecule has 0 amide bonds. The molecule has 0 aromatic heterocycles. The first-order chi connectivity index (χ1) is 6.61.